The molecule has 1 atom stereocenters. The Hall–Kier alpha value is -2.02. The van der Waals surface area contributed by atoms with Crippen molar-refractivity contribution in [1.29, 1.82) is 0 Å². The maximum atomic E-state index is 14.5. The monoisotopic (exact) mass is 350 g/mol. The van der Waals surface area contributed by atoms with Gasteiger partial charge in [0.05, 0.1) is 18.8 Å². The lowest BCUT2D eigenvalue weighted by molar-refractivity contribution is -0.119. The average molecular weight is 350 g/mol. The van der Waals surface area contributed by atoms with E-state index in [4.69, 9.17) is 4.74 Å². The molecule has 0 aliphatic carbocycles. The Bertz CT molecular complexity index is 692. The molecule has 2 heterocycles. The van der Waals surface area contributed by atoms with E-state index < -0.39 is 12.2 Å². The van der Waals surface area contributed by atoms with Gasteiger partial charge in [0.15, 0.2) is 0 Å². The van der Waals surface area contributed by atoms with Gasteiger partial charge in [-0.05, 0) is 35.9 Å². The summed E-state index contributed by atoms with van der Waals surface area (Å²) in [5.41, 5.74) is 2.09. The molecular weight excluding hydrogens is 331 g/mol. The topological polar surface area (TPSA) is 58.6 Å². The third-order valence-corrected chi connectivity index (χ3v) is 4.92. The summed E-state index contributed by atoms with van der Waals surface area (Å²) in [7, 11) is 0. The van der Waals surface area contributed by atoms with E-state index in [9.17, 15) is 14.0 Å². The summed E-state index contributed by atoms with van der Waals surface area (Å²) in [6.45, 7) is 1.95. The molecule has 2 aliphatic heterocycles. The third-order valence-electron chi connectivity index (χ3n) is 4.03. The molecule has 0 spiro atoms. The van der Waals surface area contributed by atoms with Crippen molar-refractivity contribution in [1.82, 2.24) is 5.32 Å². The second-order valence-electron chi connectivity index (χ2n) is 5.77. The molecule has 24 heavy (non-hydrogen) atoms. The van der Waals surface area contributed by atoms with E-state index in [1.54, 1.807) is 12.1 Å². The molecule has 0 aromatic heterocycles. The number of ether oxygens (including phenoxy) is 1. The third kappa shape index (κ3) is 3.72. The summed E-state index contributed by atoms with van der Waals surface area (Å²) < 4.78 is 19.7. The van der Waals surface area contributed by atoms with E-state index >= 15 is 0 Å². The predicted octanol–water partition coefficient (Wildman–Crippen LogP) is 2.81. The lowest BCUT2D eigenvalue weighted by Gasteiger charge is -2.17. The fourth-order valence-electron chi connectivity index (χ4n) is 2.80. The molecule has 0 saturated carbocycles. The Morgan fingerprint density at radius 1 is 1.50 bits per heavy atom. The van der Waals surface area contributed by atoms with Gasteiger partial charge in [-0.1, -0.05) is 6.08 Å². The Labute approximate surface area is 144 Å². The number of rotatable bonds is 4. The maximum Gasteiger partial charge on any atom is 0.414 e. The number of allylic oxidation sites excluding steroid dienone is 1. The summed E-state index contributed by atoms with van der Waals surface area (Å²) in [5.74, 6) is 1.39. The van der Waals surface area contributed by atoms with Crippen LogP contribution < -0.4 is 10.2 Å². The molecule has 1 aromatic carbocycles. The van der Waals surface area contributed by atoms with Crippen LogP contribution in [-0.2, 0) is 9.53 Å². The highest BCUT2D eigenvalue weighted by molar-refractivity contribution is 7.99. The summed E-state index contributed by atoms with van der Waals surface area (Å²) in [5, 5.41) is 2.62. The highest BCUT2D eigenvalue weighted by atomic mass is 32.2. The minimum absolute atomic E-state index is 0.182. The van der Waals surface area contributed by atoms with Gasteiger partial charge in [0.2, 0.25) is 5.91 Å². The van der Waals surface area contributed by atoms with Crippen LogP contribution in [-0.4, -0.2) is 42.7 Å². The zero-order chi connectivity index (χ0) is 17.1. The van der Waals surface area contributed by atoms with E-state index in [2.05, 4.69) is 11.4 Å². The van der Waals surface area contributed by atoms with Gasteiger partial charge in [-0.25, -0.2) is 9.18 Å². The molecule has 5 nitrogen and oxygen atoms in total. The van der Waals surface area contributed by atoms with Crippen LogP contribution in [0.25, 0.3) is 5.57 Å². The van der Waals surface area contributed by atoms with Gasteiger partial charge in [-0.3, -0.25) is 9.69 Å². The fraction of sp³-hybridized carbons (Fsp3) is 0.412. The minimum atomic E-state index is -0.522. The Balaban J connectivity index is 1.73. The molecule has 1 fully saturated rings. The van der Waals surface area contributed by atoms with Gasteiger partial charge in [-0.2, -0.15) is 11.8 Å². The molecule has 2 aliphatic rings. The molecule has 128 valence electrons. The number of amides is 2. The molecule has 2 amide bonds. The second-order valence-corrected chi connectivity index (χ2v) is 6.92. The van der Waals surface area contributed by atoms with Gasteiger partial charge < -0.3 is 10.1 Å². The number of anilines is 1. The van der Waals surface area contributed by atoms with Gasteiger partial charge in [0, 0.05) is 18.2 Å². The number of hydrogen-bond donors (Lipinski definition) is 1. The number of nitrogens with one attached hydrogen (secondary N) is 1. The molecule has 1 unspecified atom stereocenters. The molecule has 1 aromatic rings. The minimum Gasteiger partial charge on any atom is -0.442 e. The van der Waals surface area contributed by atoms with Crippen LogP contribution in [0.2, 0.25) is 0 Å². The first-order valence-electron chi connectivity index (χ1n) is 7.84. The molecule has 0 radical (unpaired) electrons. The van der Waals surface area contributed by atoms with Crippen LogP contribution in [0.5, 0.6) is 0 Å². The quantitative estimate of drug-likeness (QED) is 0.907. The van der Waals surface area contributed by atoms with Crippen molar-refractivity contribution in [2.45, 2.75) is 19.4 Å². The van der Waals surface area contributed by atoms with Crippen molar-refractivity contribution < 1.29 is 18.7 Å². The van der Waals surface area contributed by atoms with Gasteiger partial charge >= 0.3 is 6.09 Å². The van der Waals surface area contributed by atoms with Crippen LogP contribution >= 0.6 is 11.8 Å². The molecule has 0 bridgehead atoms. The van der Waals surface area contributed by atoms with Crippen LogP contribution in [0.15, 0.2) is 24.3 Å². The number of hydrogen-bond acceptors (Lipinski definition) is 4. The lowest BCUT2D eigenvalue weighted by Crippen LogP contribution is -2.33. The van der Waals surface area contributed by atoms with Crippen LogP contribution in [0.3, 0.4) is 0 Å². The first kappa shape index (κ1) is 16.8. The SMILES string of the molecule is CC(=O)NCC1CN(c2ccc(C3=CCSCC3)c(F)c2)C(=O)O1. The number of carbonyl (C=O) groups excluding carboxylic acids is 2. The molecule has 1 N–H and O–H groups in total. The number of thioether (sulfide) groups is 1. The molecule has 1 saturated heterocycles. The number of benzene rings is 1. The predicted molar refractivity (Wildman–Crippen MR) is 92.6 cm³/mol. The van der Waals surface area contributed by atoms with E-state index in [1.165, 1.54) is 17.9 Å². The highest BCUT2D eigenvalue weighted by Gasteiger charge is 2.32. The van der Waals surface area contributed by atoms with Crippen LogP contribution in [0, 0.1) is 5.82 Å². The Morgan fingerprint density at radius 3 is 3.00 bits per heavy atom. The fourth-order valence-corrected chi connectivity index (χ4v) is 3.65. The summed E-state index contributed by atoms with van der Waals surface area (Å²) in [6.07, 6.45) is 1.96. The molecular formula is C17H19FN2O3S. The first-order chi connectivity index (χ1) is 11.5. The number of halogens is 1. The van der Waals surface area contributed by atoms with Gasteiger partial charge in [-0.15, -0.1) is 0 Å². The zero-order valence-corrected chi connectivity index (χ0v) is 14.2. The molecule has 7 heteroatoms. The number of carbonyl (C=O) groups is 2. The van der Waals surface area contributed by atoms with Crippen molar-refractivity contribution in [3.63, 3.8) is 0 Å². The summed E-state index contributed by atoms with van der Waals surface area (Å²) >= 11 is 1.83. The van der Waals surface area contributed by atoms with Crippen molar-refractivity contribution >= 4 is 35.0 Å². The van der Waals surface area contributed by atoms with Crippen molar-refractivity contribution in [2.75, 3.05) is 29.5 Å². The van der Waals surface area contributed by atoms with E-state index in [0.29, 0.717) is 11.3 Å². The lowest BCUT2D eigenvalue weighted by atomic mass is 10.0. The van der Waals surface area contributed by atoms with E-state index in [1.807, 2.05) is 11.8 Å². The van der Waals surface area contributed by atoms with E-state index in [0.717, 1.165) is 23.5 Å². The Morgan fingerprint density at radius 2 is 2.33 bits per heavy atom. The summed E-state index contributed by atoms with van der Waals surface area (Å²) in [4.78, 5) is 24.3. The normalized spacial score (nSPS) is 20.6. The van der Waals surface area contributed by atoms with Crippen molar-refractivity contribution in [2.24, 2.45) is 0 Å². The first-order valence-corrected chi connectivity index (χ1v) is 8.99. The summed E-state index contributed by atoms with van der Waals surface area (Å²) in [6, 6.07) is 4.84. The average Bonchev–Trinajstić information content (AvgIpc) is 2.94. The van der Waals surface area contributed by atoms with Gasteiger partial charge in [0.25, 0.3) is 0 Å². The van der Waals surface area contributed by atoms with Crippen molar-refractivity contribution in [3.8, 4) is 0 Å². The van der Waals surface area contributed by atoms with Crippen molar-refractivity contribution in [3.05, 3.63) is 35.7 Å². The molecule has 3 rings (SSSR count). The van der Waals surface area contributed by atoms with Gasteiger partial charge in [0.1, 0.15) is 11.9 Å². The zero-order valence-electron chi connectivity index (χ0n) is 13.4. The van der Waals surface area contributed by atoms with Crippen LogP contribution in [0.1, 0.15) is 18.9 Å². The van der Waals surface area contributed by atoms with Crippen LogP contribution in [0.4, 0.5) is 14.9 Å². The van der Waals surface area contributed by atoms with E-state index in [-0.39, 0.29) is 24.8 Å². The smallest absolute Gasteiger partial charge is 0.414 e. The standard InChI is InChI=1S/C17H19FN2O3S/c1-11(21)19-9-14-10-20(17(22)23-14)13-2-3-15(16(18)8-13)12-4-6-24-7-5-12/h2-4,8,14H,5-7,9-10H2,1H3,(H,19,21). The highest BCUT2D eigenvalue weighted by Crippen LogP contribution is 2.31. The largest absolute Gasteiger partial charge is 0.442 e. The second kappa shape index (κ2) is 7.25. The number of nitrogens with zero attached hydrogens (tertiary/aromatic N) is 1. The maximum absolute atomic E-state index is 14.5. The Kier molecular flexibility index (Phi) is 5.08. The number of cyclic esters (lactones) is 1.